The molecular weight excluding hydrogens is 194 g/mol. The van der Waals surface area contributed by atoms with E-state index in [0.717, 1.165) is 12.7 Å². The number of carbonyl (C=O) groups is 2. The number of carbonyl (C=O) groups excluding carboxylic acids is 1. The first kappa shape index (κ1) is 11.2. The Kier molecular flexibility index (Phi) is 3.85. The zero-order chi connectivity index (χ0) is 11.3. The lowest BCUT2D eigenvalue weighted by atomic mass is 10.2. The predicted octanol–water partition coefficient (Wildman–Crippen LogP) is 2.39. The number of aldehydes is 1. The molecule has 0 aliphatic heterocycles. The number of anilines is 1. The van der Waals surface area contributed by atoms with E-state index in [1.54, 1.807) is 24.3 Å². The molecule has 0 heterocycles. The van der Waals surface area contributed by atoms with Crippen LogP contribution in [0, 0.1) is 0 Å². The quantitative estimate of drug-likeness (QED) is 0.771. The van der Waals surface area contributed by atoms with Gasteiger partial charge in [-0.25, -0.2) is 4.79 Å². The van der Waals surface area contributed by atoms with Gasteiger partial charge in [0.2, 0.25) is 0 Å². The molecule has 0 aromatic heterocycles. The van der Waals surface area contributed by atoms with Crippen molar-refractivity contribution in [3.8, 4) is 0 Å². The highest BCUT2D eigenvalue weighted by molar-refractivity contribution is 5.86. The molecule has 0 bridgehead atoms. The molecule has 15 heavy (non-hydrogen) atoms. The molecule has 1 N–H and O–H groups in total. The van der Waals surface area contributed by atoms with Crippen LogP contribution < -0.4 is 4.90 Å². The lowest BCUT2D eigenvalue weighted by Gasteiger charge is -2.18. The van der Waals surface area contributed by atoms with Crippen LogP contribution in [-0.4, -0.2) is 24.0 Å². The van der Waals surface area contributed by atoms with E-state index in [2.05, 4.69) is 0 Å². The Bertz CT molecular complexity index is 345. The van der Waals surface area contributed by atoms with E-state index in [0.29, 0.717) is 17.8 Å². The maximum atomic E-state index is 10.9. The Morgan fingerprint density at radius 3 is 2.40 bits per heavy atom. The summed E-state index contributed by atoms with van der Waals surface area (Å²) < 4.78 is 0. The van der Waals surface area contributed by atoms with Crippen molar-refractivity contribution >= 4 is 18.1 Å². The number of rotatable bonds is 4. The topological polar surface area (TPSA) is 57.6 Å². The SMILES string of the molecule is CCCN(C(=O)O)c1ccc(C=O)cc1. The van der Waals surface area contributed by atoms with Crippen LogP contribution in [0.15, 0.2) is 24.3 Å². The van der Waals surface area contributed by atoms with E-state index >= 15 is 0 Å². The largest absolute Gasteiger partial charge is 0.465 e. The molecule has 0 unspecified atom stereocenters. The van der Waals surface area contributed by atoms with Crippen LogP contribution in [0.25, 0.3) is 0 Å². The van der Waals surface area contributed by atoms with Crippen LogP contribution in [-0.2, 0) is 0 Å². The zero-order valence-corrected chi connectivity index (χ0v) is 8.51. The highest BCUT2D eigenvalue weighted by Gasteiger charge is 2.12. The Hall–Kier alpha value is -1.84. The molecule has 0 spiro atoms. The van der Waals surface area contributed by atoms with Gasteiger partial charge in [-0.3, -0.25) is 9.69 Å². The summed E-state index contributed by atoms with van der Waals surface area (Å²) in [5.74, 6) is 0. The van der Waals surface area contributed by atoms with Gasteiger partial charge >= 0.3 is 6.09 Å². The molecule has 1 amide bonds. The molecule has 0 aliphatic carbocycles. The number of carboxylic acid groups (broad SMARTS) is 1. The third kappa shape index (κ3) is 2.80. The van der Waals surface area contributed by atoms with Gasteiger partial charge in [-0.15, -0.1) is 0 Å². The van der Waals surface area contributed by atoms with Gasteiger partial charge in [0.1, 0.15) is 6.29 Å². The van der Waals surface area contributed by atoms with Crippen molar-refractivity contribution in [3.05, 3.63) is 29.8 Å². The van der Waals surface area contributed by atoms with Crippen molar-refractivity contribution < 1.29 is 14.7 Å². The molecule has 1 aromatic carbocycles. The Labute approximate surface area is 88.1 Å². The van der Waals surface area contributed by atoms with E-state index in [1.165, 1.54) is 4.90 Å². The van der Waals surface area contributed by atoms with E-state index < -0.39 is 6.09 Å². The van der Waals surface area contributed by atoms with Gasteiger partial charge in [0, 0.05) is 17.8 Å². The number of hydrogen-bond donors (Lipinski definition) is 1. The summed E-state index contributed by atoms with van der Waals surface area (Å²) in [5.41, 5.74) is 1.13. The van der Waals surface area contributed by atoms with Gasteiger partial charge in [-0.2, -0.15) is 0 Å². The summed E-state index contributed by atoms with van der Waals surface area (Å²) in [6.07, 6.45) is 0.506. The van der Waals surface area contributed by atoms with Gasteiger partial charge in [0.05, 0.1) is 0 Å². The second kappa shape index (κ2) is 5.14. The van der Waals surface area contributed by atoms with Gasteiger partial charge in [-0.05, 0) is 30.7 Å². The van der Waals surface area contributed by atoms with Gasteiger partial charge in [0.25, 0.3) is 0 Å². The van der Waals surface area contributed by atoms with Crippen molar-refractivity contribution in [2.24, 2.45) is 0 Å². The van der Waals surface area contributed by atoms with Gasteiger partial charge in [0.15, 0.2) is 0 Å². The molecule has 0 radical (unpaired) electrons. The summed E-state index contributed by atoms with van der Waals surface area (Å²) in [6, 6.07) is 6.48. The second-order valence-corrected chi connectivity index (χ2v) is 3.14. The fourth-order valence-corrected chi connectivity index (χ4v) is 1.29. The third-order valence-corrected chi connectivity index (χ3v) is 2.02. The zero-order valence-electron chi connectivity index (χ0n) is 8.51. The number of hydrogen-bond acceptors (Lipinski definition) is 2. The first-order chi connectivity index (χ1) is 7.19. The van der Waals surface area contributed by atoms with E-state index in [4.69, 9.17) is 5.11 Å². The third-order valence-electron chi connectivity index (χ3n) is 2.02. The monoisotopic (exact) mass is 207 g/mol. The highest BCUT2D eigenvalue weighted by atomic mass is 16.4. The van der Waals surface area contributed by atoms with E-state index in [9.17, 15) is 9.59 Å². The van der Waals surface area contributed by atoms with E-state index in [-0.39, 0.29) is 0 Å². The van der Waals surface area contributed by atoms with Crippen LogP contribution in [0.3, 0.4) is 0 Å². The summed E-state index contributed by atoms with van der Waals surface area (Å²) in [4.78, 5) is 22.6. The Balaban J connectivity index is 2.91. The first-order valence-electron chi connectivity index (χ1n) is 4.74. The van der Waals surface area contributed by atoms with Crippen molar-refractivity contribution in [1.29, 1.82) is 0 Å². The minimum atomic E-state index is -0.976. The normalized spacial score (nSPS) is 9.67. The number of amides is 1. The highest BCUT2D eigenvalue weighted by Crippen LogP contribution is 2.15. The summed E-state index contributed by atoms with van der Waals surface area (Å²) in [5, 5.41) is 8.94. The second-order valence-electron chi connectivity index (χ2n) is 3.14. The molecule has 0 saturated carbocycles. The lowest BCUT2D eigenvalue weighted by Crippen LogP contribution is -2.29. The Morgan fingerprint density at radius 2 is 2.00 bits per heavy atom. The first-order valence-corrected chi connectivity index (χ1v) is 4.74. The molecule has 4 heteroatoms. The standard InChI is InChI=1S/C11H13NO3/c1-2-7-12(11(14)15)10-5-3-9(8-13)4-6-10/h3-6,8H,2,7H2,1H3,(H,14,15). The van der Waals surface area contributed by atoms with Crippen LogP contribution in [0.2, 0.25) is 0 Å². The summed E-state index contributed by atoms with van der Waals surface area (Å²) in [7, 11) is 0. The lowest BCUT2D eigenvalue weighted by molar-refractivity contribution is 0.112. The van der Waals surface area contributed by atoms with Crippen molar-refractivity contribution in [1.82, 2.24) is 0 Å². The minimum absolute atomic E-state index is 0.454. The molecular formula is C11H13NO3. The summed E-state index contributed by atoms with van der Waals surface area (Å²) in [6.45, 7) is 2.37. The molecule has 0 aliphatic rings. The fraction of sp³-hybridized carbons (Fsp3) is 0.273. The number of nitrogens with zero attached hydrogens (tertiary/aromatic N) is 1. The maximum absolute atomic E-state index is 10.9. The van der Waals surface area contributed by atoms with Gasteiger partial charge in [-0.1, -0.05) is 6.92 Å². The van der Waals surface area contributed by atoms with Crippen molar-refractivity contribution in [2.45, 2.75) is 13.3 Å². The van der Waals surface area contributed by atoms with Crippen LogP contribution in [0.4, 0.5) is 10.5 Å². The summed E-state index contributed by atoms with van der Waals surface area (Å²) >= 11 is 0. The minimum Gasteiger partial charge on any atom is -0.465 e. The Morgan fingerprint density at radius 1 is 1.40 bits per heavy atom. The maximum Gasteiger partial charge on any atom is 0.411 e. The van der Waals surface area contributed by atoms with Crippen molar-refractivity contribution in [2.75, 3.05) is 11.4 Å². The molecule has 1 rings (SSSR count). The average molecular weight is 207 g/mol. The molecule has 0 saturated heterocycles. The van der Waals surface area contributed by atoms with Crippen LogP contribution >= 0.6 is 0 Å². The van der Waals surface area contributed by atoms with Crippen LogP contribution in [0.1, 0.15) is 23.7 Å². The average Bonchev–Trinajstić information content (AvgIpc) is 2.26. The molecule has 0 atom stereocenters. The van der Waals surface area contributed by atoms with Crippen molar-refractivity contribution in [3.63, 3.8) is 0 Å². The molecule has 1 aromatic rings. The molecule has 4 nitrogen and oxygen atoms in total. The number of benzene rings is 1. The predicted molar refractivity (Wildman–Crippen MR) is 57.5 cm³/mol. The molecule has 0 fully saturated rings. The fourth-order valence-electron chi connectivity index (χ4n) is 1.29. The van der Waals surface area contributed by atoms with E-state index in [1.807, 2.05) is 6.92 Å². The van der Waals surface area contributed by atoms with Gasteiger partial charge < -0.3 is 5.11 Å². The molecule has 80 valence electrons. The smallest absolute Gasteiger partial charge is 0.411 e. The van der Waals surface area contributed by atoms with Crippen LogP contribution in [0.5, 0.6) is 0 Å².